The number of rotatable bonds is 5. The van der Waals surface area contributed by atoms with Gasteiger partial charge in [0.25, 0.3) is 0 Å². The average Bonchev–Trinajstić information content (AvgIpc) is 2.82. The Balaban J connectivity index is -0.000000165. The first-order chi connectivity index (χ1) is 14.3. The van der Waals surface area contributed by atoms with Gasteiger partial charge in [-0.1, -0.05) is 105 Å². The molecule has 1 aromatic rings. The lowest BCUT2D eigenvalue weighted by atomic mass is 9.85. The Morgan fingerprint density at radius 2 is 1.26 bits per heavy atom. The standard InChI is InChI=1S/C9H16O.C9H10O.C5H8O.2C2H6.CH4/c2*1-2-9(10)8-6-4-3-5-7-8;1-4(2)5(3)6;2*1-2;/h8H,2-7H2,1H3;3-7H,2H2,1H3;1H2,2-3H3;2*1-2H3;1H4. The molecule has 0 aromatic heterocycles. The molecule has 180 valence electrons. The maximum Gasteiger partial charge on any atom is 0.162 e. The van der Waals surface area contributed by atoms with Gasteiger partial charge in [-0.15, -0.1) is 0 Å². The van der Waals surface area contributed by atoms with Crippen LogP contribution in [-0.4, -0.2) is 17.3 Å². The normalized spacial score (nSPS) is 11.6. The number of benzene rings is 1. The predicted octanol–water partition coefficient (Wildman–Crippen LogP) is 8.67. The van der Waals surface area contributed by atoms with E-state index in [-0.39, 0.29) is 19.0 Å². The van der Waals surface area contributed by atoms with Gasteiger partial charge in [-0.05, 0) is 32.3 Å². The Morgan fingerprint density at radius 1 is 0.839 bits per heavy atom. The zero-order valence-electron chi connectivity index (χ0n) is 20.8. The van der Waals surface area contributed by atoms with E-state index < -0.39 is 0 Å². The topological polar surface area (TPSA) is 51.2 Å². The van der Waals surface area contributed by atoms with Gasteiger partial charge >= 0.3 is 0 Å². The predicted molar refractivity (Wildman–Crippen MR) is 138 cm³/mol. The lowest BCUT2D eigenvalue weighted by Crippen LogP contribution is -2.16. The molecule has 0 amide bonds. The van der Waals surface area contributed by atoms with Gasteiger partial charge in [0.15, 0.2) is 11.6 Å². The molecule has 1 aliphatic carbocycles. The minimum absolute atomic E-state index is 0. The highest BCUT2D eigenvalue weighted by Gasteiger charge is 2.18. The minimum atomic E-state index is 0. The molecule has 0 bridgehead atoms. The number of carbonyl (C=O) groups excluding carboxylic acids is 3. The third kappa shape index (κ3) is 21.0. The summed E-state index contributed by atoms with van der Waals surface area (Å²) in [6, 6.07) is 9.34. The van der Waals surface area contributed by atoms with E-state index in [0.717, 1.165) is 24.8 Å². The quantitative estimate of drug-likeness (QED) is 0.344. The van der Waals surface area contributed by atoms with Crippen molar-refractivity contribution in [1.82, 2.24) is 0 Å². The van der Waals surface area contributed by atoms with E-state index in [4.69, 9.17) is 0 Å². The molecule has 31 heavy (non-hydrogen) atoms. The molecule has 0 N–H and O–H groups in total. The summed E-state index contributed by atoms with van der Waals surface area (Å²) in [5.74, 6) is 1.19. The van der Waals surface area contributed by atoms with Gasteiger partial charge in [-0.3, -0.25) is 14.4 Å². The van der Waals surface area contributed by atoms with Gasteiger partial charge in [-0.25, -0.2) is 0 Å². The van der Waals surface area contributed by atoms with Crippen molar-refractivity contribution in [2.24, 2.45) is 5.92 Å². The zero-order valence-corrected chi connectivity index (χ0v) is 20.8. The van der Waals surface area contributed by atoms with Gasteiger partial charge in [0.1, 0.15) is 5.78 Å². The molecule has 3 heteroatoms. The maximum atomic E-state index is 11.2. The fourth-order valence-corrected chi connectivity index (χ4v) is 2.54. The second kappa shape index (κ2) is 26.0. The average molecular weight is 435 g/mol. The van der Waals surface area contributed by atoms with Crippen LogP contribution in [0.3, 0.4) is 0 Å². The van der Waals surface area contributed by atoms with Crippen LogP contribution in [0.25, 0.3) is 0 Å². The highest BCUT2D eigenvalue weighted by atomic mass is 16.1. The lowest BCUT2D eigenvalue weighted by molar-refractivity contribution is -0.123. The molecule has 0 heterocycles. The van der Waals surface area contributed by atoms with Crippen LogP contribution in [0, 0.1) is 5.92 Å². The van der Waals surface area contributed by atoms with E-state index in [1.54, 1.807) is 6.92 Å². The van der Waals surface area contributed by atoms with Crippen molar-refractivity contribution in [3.8, 4) is 0 Å². The van der Waals surface area contributed by atoms with Gasteiger partial charge in [0, 0.05) is 24.3 Å². The Morgan fingerprint density at radius 3 is 1.58 bits per heavy atom. The van der Waals surface area contributed by atoms with E-state index in [1.165, 1.54) is 26.2 Å². The van der Waals surface area contributed by atoms with Crippen LogP contribution in [-0.2, 0) is 9.59 Å². The molecule has 0 aliphatic heterocycles. The third-order valence-corrected chi connectivity index (χ3v) is 4.43. The van der Waals surface area contributed by atoms with Crippen LogP contribution in [0.1, 0.15) is 118 Å². The summed E-state index contributed by atoms with van der Waals surface area (Å²) >= 11 is 0. The number of Topliss-reactive ketones (excluding diaryl/α,β-unsaturated/α-hetero) is 3. The molecule has 0 saturated heterocycles. The van der Waals surface area contributed by atoms with Crippen molar-refractivity contribution in [3.63, 3.8) is 0 Å². The molecule has 1 saturated carbocycles. The maximum absolute atomic E-state index is 11.2. The largest absolute Gasteiger partial charge is 0.299 e. The number of carbonyl (C=O) groups is 3. The highest BCUT2D eigenvalue weighted by molar-refractivity contribution is 5.95. The van der Waals surface area contributed by atoms with Crippen LogP contribution < -0.4 is 0 Å². The Hall–Kier alpha value is -2.03. The van der Waals surface area contributed by atoms with E-state index >= 15 is 0 Å². The van der Waals surface area contributed by atoms with Crippen LogP contribution >= 0.6 is 0 Å². The first kappa shape index (κ1) is 36.3. The minimum Gasteiger partial charge on any atom is -0.299 e. The summed E-state index contributed by atoms with van der Waals surface area (Å²) in [7, 11) is 0. The Bertz CT molecular complexity index is 555. The highest BCUT2D eigenvalue weighted by Crippen LogP contribution is 2.24. The molecular weight excluding hydrogens is 384 g/mol. The third-order valence-electron chi connectivity index (χ3n) is 4.43. The lowest BCUT2D eigenvalue weighted by Gasteiger charge is -2.19. The van der Waals surface area contributed by atoms with E-state index in [0.29, 0.717) is 23.7 Å². The van der Waals surface area contributed by atoms with Crippen molar-refractivity contribution in [2.45, 2.75) is 108 Å². The first-order valence-corrected chi connectivity index (χ1v) is 11.6. The van der Waals surface area contributed by atoms with Crippen molar-refractivity contribution >= 4 is 17.3 Å². The molecule has 1 aromatic carbocycles. The Kier molecular flexibility index (Phi) is 30.5. The fourth-order valence-electron chi connectivity index (χ4n) is 2.54. The van der Waals surface area contributed by atoms with E-state index in [1.807, 2.05) is 71.9 Å². The van der Waals surface area contributed by atoms with Crippen molar-refractivity contribution in [1.29, 1.82) is 0 Å². The van der Waals surface area contributed by atoms with Crippen LogP contribution in [0.2, 0.25) is 0 Å². The SMILES string of the molecule is C.C=C(C)C(C)=O.CC.CC.CCC(=O)C1CCCCC1.CCC(=O)c1ccccc1. The molecule has 1 aliphatic rings. The first-order valence-electron chi connectivity index (χ1n) is 11.6. The monoisotopic (exact) mass is 434 g/mol. The summed E-state index contributed by atoms with van der Waals surface area (Å²) in [6.45, 7) is 18.4. The van der Waals surface area contributed by atoms with Crippen LogP contribution in [0.4, 0.5) is 0 Å². The fraction of sp³-hybridized carbons (Fsp3) is 0.607. The number of hydrogen-bond donors (Lipinski definition) is 0. The van der Waals surface area contributed by atoms with E-state index in [2.05, 4.69) is 6.58 Å². The molecular formula is C28H50O3. The molecule has 0 radical (unpaired) electrons. The smallest absolute Gasteiger partial charge is 0.162 e. The van der Waals surface area contributed by atoms with Crippen LogP contribution in [0.15, 0.2) is 42.5 Å². The summed E-state index contributed by atoms with van der Waals surface area (Å²) in [5, 5.41) is 0. The second-order valence-electron chi connectivity index (χ2n) is 6.63. The second-order valence-corrected chi connectivity index (χ2v) is 6.63. The molecule has 0 atom stereocenters. The van der Waals surface area contributed by atoms with Gasteiger partial charge in [0.05, 0.1) is 0 Å². The van der Waals surface area contributed by atoms with Crippen molar-refractivity contribution in [2.75, 3.05) is 0 Å². The van der Waals surface area contributed by atoms with Gasteiger partial charge < -0.3 is 0 Å². The Labute approximate surface area is 193 Å². The van der Waals surface area contributed by atoms with Crippen LogP contribution in [0.5, 0.6) is 0 Å². The van der Waals surface area contributed by atoms with Crippen molar-refractivity contribution < 1.29 is 14.4 Å². The molecule has 1 fully saturated rings. The summed E-state index contributed by atoms with van der Waals surface area (Å²) in [6.07, 6.45) is 7.54. The summed E-state index contributed by atoms with van der Waals surface area (Å²) < 4.78 is 0. The number of allylic oxidation sites excluding steroid dienone is 1. The van der Waals surface area contributed by atoms with E-state index in [9.17, 15) is 14.4 Å². The molecule has 3 nitrogen and oxygen atoms in total. The number of hydrogen-bond acceptors (Lipinski definition) is 3. The van der Waals surface area contributed by atoms with Gasteiger partial charge in [0.2, 0.25) is 0 Å². The zero-order chi connectivity index (χ0) is 23.9. The molecule has 2 rings (SSSR count). The summed E-state index contributed by atoms with van der Waals surface area (Å²) in [5.41, 5.74) is 1.43. The molecule has 0 unspecified atom stereocenters. The molecule has 0 spiro atoms. The number of ketones is 3. The van der Waals surface area contributed by atoms with Gasteiger partial charge in [-0.2, -0.15) is 0 Å². The summed E-state index contributed by atoms with van der Waals surface area (Å²) in [4.78, 5) is 32.2. The van der Waals surface area contributed by atoms with Crippen molar-refractivity contribution in [3.05, 3.63) is 48.0 Å².